The van der Waals surface area contributed by atoms with Crippen LogP contribution in [0.1, 0.15) is 32.3 Å². The Kier molecular flexibility index (Phi) is 7.89. The number of hydrogen-bond acceptors (Lipinski definition) is 4. The number of sulfonamides is 1. The van der Waals surface area contributed by atoms with Gasteiger partial charge in [0.25, 0.3) is 15.9 Å². The van der Waals surface area contributed by atoms with E-state index in [-0.39, 0.29) is 27.4 Å². The molecule has 0 radical (unpaired) electrons. The Hall–Kier alpha value is -2.74. The third-order valence-corrected chi connectivity index (χ3v) is 6.75. The average molecular weight is 507 g/mol. The van der Waals surface area contributed by atoms with Crippen LogP contribution in [-0.2, 0) is 14.8 Å². The van der Waals surface area contributed by atoms with Crippen LogP contribution in [0, 0.1) is 0 Å². The van der Waals surface area contributed by atoms with E-state index in [1.165, 1.54) is 42.5 Å². The molecule has 0 aromatic heterocycles. The van der Waals surface area contributed by atoms with E-state index in [1.54, 1.807) is 6.92 Å². The van der Waals surface area contributed by atoms with E-state index in [2.05, 4.69) is 23.9 Å². The Morgan fingerprint density at radius 1 is 0.939 bits per heavy atom. The summed E-state index contributed by atoms with van der Waals surface area (Å²) >= 11 is 11.9. The Morgan fingerprint density at radius 2 is 1.61 bits per heavy atom. The Morgan fingerprint density at radius 3 is 2.24 bits per heavy atom. The van der Waals surface area contributed by atoms with Crippen molar-refractivity contribution in [2.75, 3.05) is 10.0 Å². The topological polar surface area (TPSA) is 84.5 Å². The lowest BCUT2D eigenvalue weighted by Crippen LogP contribution is -2.30. The Balaban J connectivity index is 1.67. The van der Waals surface area contributed by atoms with Crippen LogP contribution in [0.25, 0.3) is 0 Å². The molecular formula is C24H24Cl2N2O4S. The molecule has 0 aliphatic carbocycles. The lowest BCUT2D eigenvalue weighted by molar-refractivity contribution is -0.122. The highest BCUT2D eigenvalue weighted by Gasteiger charge is 2.19. The number of amides is 1. The van der Waals surface area contributed by atoms with Crippen molar-refractivity contribution in [1.29, 1.82) is 0 Å². The monoisotopic (exact) mass is 506 g/mol. The molecule has 9 heteroatoms. The number of hydrogen-bond donors (Lipinski definition) is 2. The van der Waals surface area contributed by atoms with Gasteiger partial charge in [-0.05, 0) is 66.9 Å². The van der Waals surface area contributed by atoms with Crippen molar-refractivity contribution in [3.05, 3.63) is 82.3 Å². The van der Waals surface area contributed by atoms with Crippen LogP contribution in [0.15, 0.2) is 71.6 Å². The predicted octanol–water partition coefficient (Wildman–Crippen LogP) is 6.32. The van der Waals surface area contributed by atoms with Gasteiger partial charge in [-0.3, -0.25) is 9.52 Å². The number of benzene rings is 3. The zero-order chi connectivity index (χ0) is 24.2. The molecule has 0 heterocycles. The molecule has 3 rings (SSSR count). The van der Waals surface area contributed by atoms with Gasteiger partial charge in [0.2, 0.25) is 0 Å². The first-order valence-corrected chi connectivity index (χ1v) is 12.4. The molecule has 0 saturated carbocycles. The predicted molar refractivity (Wildman–Crippen MR) is 133 cm³/mol. The third-order valence-electron chi connectivity index (χ3n) is 4.82. The van der Waals surface area contributed by atoms with Crippen molar-refractivity contribution >= 4 is 50.5 Å². The summed E-state index contributed by atoms with van der Waals surface area (Å²) in [6.07, 6.45) is -0.748. The summed E-state index contributed by atoms with van der Waals surface area (Å²) in [6, 6.07) is 17.8. The highest BCUT2D eigenvalue weighted by Crippen LogP contribution is 2.29. The largest absolute Gasteiger partial charge is 0.481 e. The van der Waals surface area contributed by atoms with Crippen LogP contribution >= 0.6 is 23.2 Å². The molecule has 0 unspecified atom stereocenters. The molecule has 0 aliphatic heterocycles. The molecule has 3 aromatic rings. The maximum atomic E-state index is 12.7. The van der Waals surface area contributed by atoms with Crippen LogP contribution in [0.3, 0.4) is 0 Å². The van der Waals surface area contributed by atoms with E-state index in [4.69, 9.17) is 27.9 Å². The molecule has 0 aliphatic rings. The van der Waals surface area contributed by atoms with Crippen LogP contribution in [-0.4, -0.2) is 20.4 Å². The van der Waals surface area contributed by atoms with Crippen molar-refractivity contribution in [1.82, 2.24) is 0 Å². The number of anilines is 2. The minimum absolute atomic E-state index is 0.0154. The van der Waals surface area contributed by atoms with Crippen LogP contribution in [0.4, 0.5) is 11.4 Å². The summed E-state index contributed by atoms with van der Waals surface area (Å²) in [7, 11) is -3.88. The molecule has 33 heavy (non-hydrogen) atoms. The number of rotatable bonds is 8. The number of ether oxygens (including phenoxy) is 1. The van der Waals surface area contributed by atoms with Gasteiger partial charge in [-0.15, -0.1) is 0 Å². The highest BCUT2D eigenvalue weighted by atomic mass is 35.5. The molecule has 0 saturated heterocycles. The third kappa shape index (κ3) is 6.41. The maximum Gasteiger partial charge on any atom is 0.265 e. The van der Waals surface area contributed by atoms with Gasteiger partial charge in [-0.2, -0.15) is 0 Å². The average Bonchev–Trinajstić information content (AvgIpc) is 2.76. The fraction of sp³-hybridized carbons (Fsp3) is 0.208. The van der Waals surface area contributed by atoms with Gasteiger partial charge < -0.3 is 10.1 Å². The van der Waals surface area contributed by atoms with Crippen LogP contribution in [0.2, 0.25) is 10.0 Å². The fourth-order valence-corrected chi connectivity index (χ4v) is 4.64. The first-order valence-electron chi connectivity index (χ1n) is 10.2. The molecule has 1 atom stereocenters. The maximum absolute atomic E-state index is 12.7. The second-order valence-electron chi connectivity index (χ2n) is 7.70. The van der Waals surface area contributed by atoms with Crippen LogP contribution < -0.4 is 14.8 Å². The summed E-state index contributed by atoms with van der Waals surface area (Å²) in [5.41, 5.74) is 1.67. The van der Waals surface area contributed by atoms with Gasteiger partial charge in [0.05, 0.1) is 15.6 Å². The van der Waals surface area contributed by atoms with Gasteiger partial charge in [-0.25, -0.2) is 8.42 Å². The summed E-state index contributed by atoms with van der Waals surface area (Å²) < 4.78 is 33.6. The molecule has 3 aromatic carbocycles. The Bertz CT molecular complexity index is 1250. The summed E-state index contributed by atoms with van der Waals surface area (Å²) in [6.45, 7) is 5.77. The molecule has 174 valence electrons. The molecular weight excluding hydrogens is 483 g/mol. The lowest BCUT2D eigenvalue weighted by atomic mass is 10.0. The van der Waals surface area contributed by atoms with E-state index >= 15 is 0 Å². The normalized spacial score (nSPS) is 12.3. The highest BCUT2D eigenvalue weighted by molar-refractivity contribution is 7.92. The number of para-hydroxylation sites is 1. The minimum atomic E-state index is -3.88. The second-order valence-corrected chi connectivity index (χ2v) is 10.2. The number of carbonyl (C=O) groups excluding carboxylic acids is 1. The quantitative estimate of drug-likeness (QED) is 0.374. The number of nitrogens with one attached hydrogen (secondary N) is 2. The van der Waals surface area contributed by atoms with Crippen molar-refractivity contribution in [3.8, 4) is 5.75 Å². The second kappa shape index (κ2) is 10.5. The molecule has 0 bridgehead atoms. The number of halogens is 2. The zero-order valence-corrected chi connectivity index (χ0v) is 20.6. The zero-order valence-electron chi connectivity index (χ0n) is 18.3. The van der Waals surface area contributed by atoms with Gasteiger partial charge in [-0.1, -0.05) is 55.2 Å². The van der Waals surface area contributed by atoms with Crippen molar-refractivity contribution in [3.63, 3.8) is 0 Å². The van der Waals surface area contributed by atoms with Crippen molar-refractivity contribution < 1.29 is 17.9 Å². The van der Waals surface area contributed by atoms with E-state index in [0.29, 0.717) is 16.5 Å². The van der Waals surface area contributed by atoms with Gasteiger partial charge in [0.1, 0.15) is 5.75 Å². The van der Waals surface area contributed by atoms with Crippen molar-refractivity contribution in [2.45, 2.75) is 37.7 Å². The van der Waals surface area contributed by atoms with E-state index in [9.17, 15) is 13.2 Å². The first kappa shape index (κ1) is 24.9. The molecule has 6 nitrogen and oxygen atoms in total. The van der Waals surface area contributed by atoms with Gasteiger partial charge in [0.15, 0.2) is 6.10 Å². The summed E-state index contributed by atoms with van der Waals surface area (Å²) in [5, 5.41) is 3.32. The summed E-state index contributed by atoms with van der Waals surface area (Å²) in [5.74, 6) is 0.557. The van der Waals surface area contributed by atoms with Gasteiger partial charge in [0, 0.05) is 10.7 Å². The Labute approximate surface area is 203 Å². The van der Waals surface area contributed by atoms with E-state index in [1.807, 2.05) is 24.3 Å². The molecule has 0 spiro atoms. The van der Waals surface area contributed by atoms with Crippen molar-refractivity contribution in [2.24, 2.45) is 0 Å². The first-order chi connectivity index (χ1) is 15.6. The number of carbonyl (C=O) groups is 1. The smallest absolute Gasteiger partial charge is 0.265 e. The van der Waals surface area contributed by atoms with E-state index < -0.39 is 16.1 Å². The molecule has 0 fully saturated rings. The fourth-order valence-electron chi connectivity index (χ4n) is 3.05. The summed E-state index contributed by atoms with van der Waals surface area (Å²) in [4.78, 5) is 12.6. The SMILES string of the molecule is CC(C)c1ccccc1O[C@@H](C)C(=O)Nc1ccc(S(=O)(=O)Nc2ccc(Cl)cc2Cl)cc1. The molecule has 1 amide bonds. The molecule has 2 N–H and O–H groups in total. The standard InChI is InChI=1S/C24H24Cl2N2O4S/c1-15(2)20-6-4-5-7-23(20)32-16(3)24(29)27-18-9-11-19(12-10-18)33(30,31)28-22-13-8-17(25)14-21(22)26/h4-16,28H,1-3H3,(H,27,29)/t16-/m0/s1. The van der Waals surface area contributed by atoms with E-state index in [0.717, 1.165) is 5.56 Å². The lowest BCUT2D eigenvalue weighted by Gasteiger charge is -2.18. The van der Waals surface area contributed by atoms with Crippen LogP contribution in [0.5, 0.6) is 5.75 Å². The van der Waals surface area contributed by atoms with Gasteiger partial charge >= 0.3 is 0 Å². The minimum Gasteiger partial charge on any atom is -0.481 e.